The molecule has 112 valence electrons. The fourth-order valence-corrected chi connectivity index (χ4v) is 3.20. The van der Waals surface area contributed by atoms with Crippen molar-refractivity contribution < 1.29 is 4.74 Å². The molecule has 0 spiro atoms. The van der Waals surface area contributed by atoms with E-state index in [4.69, 9.17) is 16.3 Å². The van der Waals surface area contributed by atoms with Gasteiger partial charge in [-0.25, -0.2) is 0 Å². The Balaban J connectivity index is 1.98. The quantitative estimate of drug-likeness (QED) is 0.757. The molecule has 1 N–H and O–H groups in total. The van der Waals surface area contributed by atoms with E-state index in [2.05, 4.69) is 36.5 Å². The van der Waals surface area contributed by atoms with E-state index in [1.807, 2.05) is 18.2 Å². The molecule has 0 unspecified atom stereocenters. The van der Waals surface area contributed by atoms with Crippen molar-refractivity contribution in [1.82, 2.24) is 5.32 Å². The zero-order valence-electron chi connectivity index (χ0n) is 12.4. The van der Waals surface area contributed by atoms with Crippen molar-refractivity contribution in [2.45, 2.75) is 23.3 Å². The second-order valence-electron chi connectivity index (χ2n) is 4.83. The molecule has 0 saturated carbocycles. The Morgan fingerprint density at radius 1 is 1.19 bits per heavy atom. The predicted molar refractivity (Wildman–Crippen MR) is 90.3 cm³/mol. The van der Waals surface area contributed by atoms with Crippen LogP contribution in [0.25, 0.3) is 0 Å². The summed E-state index contributed by atoms with van der Waals surface area (Å²) in [5.74, 6) is 0. The molecule has 0 amide bonds. The first kappa shape index (κ1) is 16.4. The lowest BCUT2D eigenvalue weighted by Gasteiger charge is -2.09. The van der Waals surface area contributed by atoms with Crippen molar-refractivity contribution in [3.8, 4) is 0 Å². The van der Waals surface area contributed by atoms with Gasteiger partial charge in [0.2, 0.25) is 0 Å². The summed E-state index contributed by atoms with van der Waals surface area (Å²) >= 11 is 7.77. The summed E-state index contributed by atoms with van der Waals surface area (Å²) in [6.45, 7) is 4.62. The minimum absolute atomic E-state index is 0.738. The minimum Gasteiger partial charge on any atom is -0.383 e. The Bertz CT molecular complexity index is 589. The highest BCUT2D eigenvalue weighted by molar-refractivity contribution is 7.99. The number of halogens is 1. The second kappa shape index (κ2) is 8.44. The summed E-state index contributed by atoms with van der Waals surface area (Å²) in [6, 6.07) is 14.5. The number of methoxy groups -OCH3 is 1. The van der Waals surface area contributed by atoms with E-state index in [0.29, 0.717) is 0 Å². The van der Waals surface area contributed by atoms with Gasteiger partial charge in [0.05, 0.1) is 6.61 Å². The van der Waals surface area contributed by atoms with E-state index in [9.17, 15) is 0 Å². The van der Waals surface area contributed by atoms with Crippen LogP contribution in [0.5, 0.6) is 0 Å². The van der Waals surface area contributed by atoms with Crippen LogP contribution >= 0.6 is 23.4 Å². The highest BCUT2D eigenvalue weighted by Gasteiger charge is 2.03. The number of benzene rings is 2. The van der Waals surface area contributed by atoms with Crippen molar-refractivity contribution in [3.05, 3.63) is 58.6 Å². The summed E-state index contributed by atoms with van der Waals surface area (Å²) in [7, 11) is 1.72. The molecule has 4 heteroatoms. The fourth-order valence-electron chi connectivity index (χ4n) is 2.00. The fraction of sp³-hybridized carbons (Fsp3) is 0.294. The van der Waals surface area contributed by atoms with Crippen molar-refractivity contribution in [3.63, 3.8) is 0 Å². The number of rotatable bonds is 7. The molecule has 0 aliphatic rings. The number of nitrogens with one attached hydrogen (secondary N) is 1. The van der Waals surface area contributed by atoms with Gasteiger partial charge in [-0.2, -0.15) is 0 Å². The first-order valence-corrected chi connectivity index (χ1v) is 8.11. The maximum absolute atomic E-state index is 6.03. The van der Waals surface area contributed by atoms with Crippen LogP contribution in [0.15, 0.2) is 52.3 Å². The standard InChI is InChI=1S/C17H20ClNOS/c1-13-10-14(12-19-8-9-20-2)6-7-17(13)21-16-5-3-4-15(18)11-16/h3-7,10-11,19H,8-9,12H2,1-2H3. The Hall–Kier alpha value is -1.00. The topological polar surface area (TPSA) is 21.3 Å². The maximum atomic E-state index is 6.03. The molecule has 0 saturated heterocycles. The third-order valence-electron chi connectivity index (χ3n) is 3.08. The minimum atomic E-state index is 0.738. The molecule has 2 aromatic carbocycles. The number of hydrogen-bond donors (Lipinski definition) is 1. The molecule has 0 aromatic heterocycles. The van der Waals surface area contributed by atoms with Gasteiger partial charge in [0, 0.05) is 35.0 Å². The highest BCUT2D eigenvalue weighted by Crippen LogP contribution is 2.31. The molecule has 0 heterocycles. The lowest BCUT2D eigenvalue weighted by molar-refractivity contribution is 0.199. The monoisotopic (exact) mass is 321 g/mol. The summed E-state index contributed by atoms with van der Waals surface area (Å²) in [5.41, 5.74) is 2.57. The Labute approximate surface area is 135 Å². The van der Waals surface area contributed by atoms with Crippen LogP contribution in [-0.4, -0.2) is 20.3 Å². The van der Waals surface area contributed by atoms with Crippen LogP contribution in [0.2, 0.25) is 5.02 Å². The van der Waals surface area contributed by atoms with Gasteiger partial charge >= 0.3 is 0 Å². The van der Waals surface area contributed by atoms with Gasteiger partial charge in [0.15, 0.2) is 0 Å². The van der Waals surface area contributed by atoms with Gasteiger partial charge in [0.25, 0.3) is 0 Å². The molecule has 0 aliphatic heterocycles. The lowest BCUT2D eigenvalue weighted by Crippen LogP contribution is -2.18. The van der Waals surface area contributed by atoms with Crippen LogP contribution in [-0.2, 0) is 11.3 Å². The van der Waals surface area contributed by atoms with Crippen LogP contribution in [0.4, 0.5) is 0 Å². The normalized spacial score (nSPS) is 10.8. The maximum Gasteiger partial charge on any atom is 0.0587 e. The van der Waals surface area contributed by atoms with E-state index in [1.54, 1.807) is 18.9 Å². The van der Waals surface area contributed by atoms with Crippen molar-refractivity contribution in [2.24, 2.45) is 0 Å². The molecule has 0 fully saturated rings. The van der Waals surface area contributed by atoms with Crippen molar-refractivity contribution >= 4 is 23.4 Å². The SMILES string of the molecule is COCCNCc1ccc(Sc2cccc(Cl)c2)c(C)c1. The second-order valence-corrected chi connectivity index (χ2v) is 6.38. The van der Waals surface area contributed by atoms with Gasteiger partial charge in [0.1, 0.15) is 0 Å². The molecule has 2 nitrogen and oxygen atoms in total. The average molecular weight is 322 g/mol. The van der Waals surface area contributed by atoms with Crippen LogP contribution in [0.3, 0.4) is 0 Å². The smallest absolute Gasteiger partial charge is 0.0587 e. The first-order valence-electron chi connectivity index (χ1n) is 6.91. The predicted octanol–water partition coefficient (Wildman–Crippen LogP) is 4.54. The third-order valence-corrected chi connectivity index (χ3v) is 4.48. The zero-order chi connectivity index (χ0) is 15.1. The van der Waals surface area contributed by atoms with Gasteiger partial charge in [-0.1, -0.05) is 41.6 Å². The van der Waals surface area contributed by atoms with Gasteiger partial charge in [-0.3, -0.25) is 0 Å². The Morgan fingerprint density at radius 2 is 2.05 bits per heavy atom. The Morgan fingerprint density at radius 3 is 2.76 bits per heavy atom. The van der Waals surface area contributed by atoms with Gasteiger partial charge < -0.3 is 10.1 Å². The van der Waals surface area contributed by atoms with E-state index in [1.165, 1.54) is 16.0 Å². The largest absolute Gasteiger partial charge is 0.383 e. The van der Waals surface area contributed by atoms with Crippen LogP contribution in [0.1, 0.15) is 11.1 Å². The molecule has 0 atom stereocenters. The molecule has 21 heavy (non-hydrogen) atoms. The van der Waals surface area contributed by atoms with Crippen molar-refractivity contribution in [1.29, 1.82) is 0 Å². The molecular formula is C17H20ClNOS. The molecule has 0 radical (unpaired) electrons. The summed E-state index contributed by atoms with van der Waals surface area (Å²) in [4.78, 5) is 2.43. The van der Waals surface area contributed by atoms with Crippen molar-refractivity contribution in [2.75, 3.05) is 20.3 Å². The summed E-state index contributed by atoms with van der Waals surface area (Å²) in [5, 5.41) is 4.13. The van der Waals surface area contributed by atoms with Crippen LogP contribution in [0, 0.1) is 6.92 Å². The molecular weight excluding hydrogens is 302 g/mol. The summed E-state index contributed by atoms with van der Waals surface area (Å²) < 4.78 is 5.02. The van der Waals surface area contributed by atoms with E-state index in [0.717, 1.165) is 29.6 Å². The van der Waals surface area contributed by atoms with E-state index in [-0.39, 0.29) is 0 Å². The number of hydrogen-bond acceptors (Lipinski definition) is 3. The third kappa shape index (κ3) is 5.36. The van der Waals surface area contributed by atoms with Gasteiger partial charge in [-0.15, -0.1) is 0 Å². The molecule has 0 aliphatic carbocycles. The molecule has 2 aromatic rings. The Kier molecular flexibility index (Phi) is 6.58. The van der Waals surface area contributed by atoms with E-state index < -0.39 is 0 Å². The highest BCUT2D eigenvalue weighted by atomic mass is 35.5. The van der Waals surface area contributed by atoms with Gasteiger partial charge in [-0.05, 0) is 42.3 Å². The average Bonchev–Trinajstić information content (AvgIpc) is 2.46. The molecule has 0 bridgehead atoms. The molecule has 2 rings (SSSR count). The number of aryl methyl sites for hydroxylation is 1. The van der Waals surface area contributed by atoms with Crippen LogP contribution < -0.4 is 5.32 Å². The first-order chi connectivity index (χ1) is 10.2. The zero-order valence-corrected chi connectivity index (χ0v) is 13.9. The van der Waals surface area contributed by atoms with E-state index >= 15 is 0 Å². The number of ether oxygens (including phenoxy) is 1. The summed E-state index contributed by atoms with van der Waals surface area (Å²) in [6.07, 6.45) is 0. The lowest BCUT2D eigenvalue weighted by atomic mass is 10.1.